The summed E-state index contributed by atoms with van der Waals surface area (Å²) >= 11 is 0. The molecule has 0 radical (unpaired) electrons. The topological polar surface area (TPSA) is 38.3 Å². The van der Waals surface area contributed by atoms with E-state index >= 15 is 0 Å². The van der Waals surface area contributed by atoms with Crippen LogP contribution in [0.15, 0.2) is 24.8 Å². The van der Waals surface area contributed by atoms with Crippen LogP contribution in [0.1, 0.15) is 10.4 Å². The Morgan fingerprint density at radius 3 is 2.75 bits per heavy atom. The van der Waals surface area contributed by atoms with E-state index in [1.807, 2.05) is 0 Å². The van der Waals surface area contributed by atoms with Crippen molar-refractivity contribution in [2.45, 2.75) is 0 Å². The molecular weight excluding hydrogens is 216 g/mol. The number of hydrogen-bond acceptors (Lipinski definition) is 3. The molecule has 16 heavy (non-hydrogen) atoms. The summed E-state index contributed by atoms with van der Waals surface area (Å²) in [6, 6.07) is 2.43. The first kappa shape index (κ1) is 12.2. The lowest BCUT2D eigenvalue weighted by molar-refractivity contribution is 0.0594. The van der Waals surface area contributed by atoms with E-state index in [0.717, 1.165) is 13.2 Å². The molecule has 0 heterocycles. The molecule has 1 aromatic carbocycles. The second-order valence-electron chi connectivity index (χ2n) is 2.95. The van der Waals surface area contributed by atoms with E-state index in [0.29, 0.717) is 6.54 Å². The average Bonchev–Trinajstić information content (AvgIpc) is 2.30. The Labute approximate surface area is 91.7 Å². The largest absolute Gasteiger partial charge is 0.465 e. The van der Waals surface area contributed by atoms with Crippen LogP contribution in [-0.2, 0) is 4.74 Å². The van der Waals surface area contributed by atoms with Crippen molar-refractivity contribution in [3.8, 4) is 0 Å². The number of methoxy groups -OCH3 is 1. The van der Waals surface area contributed by atoms with Gasteiger partial charge in [-0.15, -0.1) is 6.58 Å². The SMILES string of the molecule is C=CCNc1ccc(C(=O)OC)c(F)c1F. The van der Waals surface area contributed by atoms with Crippen LogP contribution in [0.4, 0.5) is 14.5 Å². The van der Waals surface area contributed by atoms with Gasteiger partial charge in [0.2, 0.25) is 0 Å². The lowest BCUT2D eigenvalue weighted by atomic mass is 10.2. The third-order valence-corrected chi connectivity index (χ3v) is 1.92. The van der Waals surface area contributed by atoms with Crippen LogP contribution in [0.3, 0.4) is 0 Å². The molecular formula is C11H11F2NO2. The third kappa shape index (κ3) is 2.36. The van der Waals surface area contributed by atoms with Gasteiger partial charge in [-0.05, 0) is 12.1 Å². The molecule has 0 bridgehead atoms. The predicted octanol–water partition coefficient (Wildman–Crippen LogP) is 2.35. The van der Waals surface area contributed by atoms with Crippen molar-refractivity contribution in [2.75, 3.05) is 19.0 Å². The number of ether oxygens (including phenoxy) is 1. The Kier molecular flexibility index (Phi) is 3.99. The van der Waals surface area contributed by atoms with Gasteiger partial charge in [-0.25, -0.2) is 13.6 Å². The summed E-state index contributed by atoms with van der Waals surface area (Å²) in [6.07, 6.45) is 1.51. The van der Waals surface area contributed by atoms with Crippen LogP contribution >= 0.6 is 0 Å². The Morgan fingerprint density at radius 2 is 2.19 bits per heavy atom. The van der Waals surface area contributed by atoms with Crippen molar-refractivity contribution in [3.05, 3.63) is 42.0 Å². The van der Waals surface area contributed by atoms with Crippen molar-refractivity contribution in [2.24, 2.45) is 0 Å². The molecule has 0 aliphatic carbocycles. The molecule has 0 aromatic heterocycles. The normalized spacial score (nSPS) is 9.69. The summed E-state index contributed by atoms with van der Waals surface area (Å²) in [7, 11) is 1.10. The number of carbonyl (C=O) groups excluding carboxylic acids is 1. The van der Waals surface area contributed by atoms with Crippen molar-refractivity contribution in [1.82, 2.24) is 0 Å². The monoisotopic (exact) mass is 227 g/mol. The lowest BCUT2D eigenvalue weighted by Gasteiger charge is -2.08. The maximum atomic E-state index is 13.4. The molecule has 0 aliphatic heterocycles. The van der Waals surface area contributed by atoms with Crippen molar-refractivity contribution in [1.29, 1.82) is 0 Å². The molecule has 1 N–H and O–H groups in total. The molecule has 1 aromatic rings. The van der Waals surface area contributed by atoms with E-state index in [-0.39, 0.29) is 5.69 Å². The Bertz CT molecular complexity index is 419. The van der Waals surface area contributed by atoms with Crippen LogP contribution in [0.25, 0.3) is 0 Å². The standard InChI is InChI=1S/C11H11F2NO2/c1-3-6-14-8-5-4-7(11(15)16-2)9(12)10(8)13/h3-5,14H,1,6H2,2H3. The molecule has 0 atom stereocenters. The first-order valence-electron chi connectivity index (χ1n) is 4.53. The maximum Gasteiger partial charge on any atom is 0.340 e. The van der Waals surface area contributed by atoms with Crippen LogP contribution in [0, 0.1) is 11.6 Å². The van der Waals surface area contributed by atoms with Gasteiger partial charge in [-0.2, -0.15) is 0 Å². The van der Waals surface area contributed by atoms with Gasteiger partial charge in [-0.3, -0.25) is 0 Å². The minimum absolute atomic E-state index is 0.0231. The second-order valence-corrected chi connectivity index (χ2v) is 2.95. The summed E-state index contributed by atoms with van der Waals surface area (Å²) in [5, 5.41) is 2.60. The second kappa shape index (κ2) is 5.25. The number of esters is 1. The van der Waals surface area contributed by atoms with Crippen LogP contribution in [-0.4, -0.2) is 19.6 Å². The summed E-state index contributed by atoms with van der Waals surface area (Å²) in [6.45, 7) is 3.73. The summed E-state index contributed by atoms with van der Waals surface area (Å²) in [5.41, 5.74) is -0.450. The molecule has 5 heteroatoms. The fourth-order valence-electron chi connectivity index (χ4n) is 1.14. The fourth-order valence-corrected chi connectivity index (χ4v) is 1.14. The van der Waals surface area contributed by atoms with Gasteiger partial charge >= 0.3 is 5.97 Å². The first-order chi connectivity index (χ1) is 7.61. The van der Waals surface area contributed by atoms with Gasteiger partial charge in [0.05, 0.1) is 18.4 Å². The molecule has 0 amide bonds. The highest BCUT2D eigenvalue weighted by Gasteiger charge is 2.18. The molecule has 0 aliphatic rings. The zero-order valence-electron chi connectivity index (χ0n) is 8.72. The Morgan fingerprint density at radius 1 is 1.50 bits per heavy atom. The van der Waals surface area contributed by atoms with E-state index in [2.05, 4.69) is 16.6 Å². The van der Waals surface area contributed by atoms with Crippen LogP contribution in [0.5, 0.6) is 0 Å². The van der Waals surface area contributed by atoms with E-state index in [1.165, 1.54) is 12.1 Å². The molecule has 0 saturated carbocycles. The van der Waals surface area contributed by atoms with Gasteiger partial charge < -0.3 is 10.1 Å². The van der Waals surface area contributed by atoms with Crippen LogP contribution < -0.4 is 5.32 Å². The Hall–Kier alpha value is -1.91. The minimum atomic E-state index is -1.22. The fraction of sp³-hybridized carbons (Fsp3) is 0.182. The third-order valence-electron chi connectivity index (χ3n) is 1.92. The number of halogens is 2. The number of hydrogen-bond donors (Lipinski definition) is 1. The van der Waals surface area contributed by atoms with Gasteiger partial charge in [0, 0.05) is 6.54 Å². The summed E-state index contributed by atoms with van der Waals surface area (Å²) in [4.78, 5) is 11.0. The molecule has 0 saturated heterocycles. The van der Waals surface area contributed by atoms with Gasteiger partial charge in [0.25, 0.3) is 0 Å². The number of nitrogens with one attached hydrogen (secondary N) is 1. The number of benzene rings is 1. The lowest BCUT2D eigenvalue weighted by Crippen LogP contribution is -2.09. The summed E-state index contributed by atoms with van der Waals surface area (Å²) in [5.74, 6) is -3.24. The number of anilines is 1. The molecule has 0 unspecified atom stereocenters. The smallest absolute Gasteiger partial charge is 0.340 e. The molecule has 0 fully saturated rings. The highest BCUT2D eigenvalue weighted by molar-refractivity contribution is 5.90. The first-order valence-corrected chi connectivity index (χ1v) is 4.53. The Balaban J connectivity index is 3.07. The zero-order chi connectivity index (χ0) is 12.1. The minimum Gasteiger partial charge on any atom is -0.465 e. The maximum absolute atomic E-state index is 13.4. The zero-order valence-corrected chi connectivity index (χ0v) is 8.72. The molecule has 0 spiro atoms. The molecule has 86 valence electrons. The highest BCUT2D eigenvalue weighted by atomic mass is 19.2. The van der Waals surface area contributed by atoms with Crippen molar-refractivity contribution < 1.29 is 18.3 Å². The van der Waals surface area contributed by atoms with E-state index in [9.17, 15) is 13.6 Å². The number of rotatable bonds is 4. The van der Waals surface area contributed by atoms with Gasteiger partial charge in [0.15, 0.2) is 11.6 Å². The van der Waals surface area contributed by atoms with Gasteiger partial charge in [-0.1, -0.05) is 6.08 Å². The van der Waals surface area contributed by atoms with Crippen LogP contribution in [0.2, 0.25) is 0 Å². The molecule has 3 nitrogen and oxygen atoms in total. The van der Waals surface area contributed by atoms with E-state index in [1.54, 1.807) is 0 Å². The average molecular weight is 227 g/mol. The van der Waals surface area contributed by atoms with E-state index < -0.39 is 23.2 Å². The highest BCUT2D eigenvalue weighted by Crippen LogP contribution is 2.20. The summed E-state index contributed by atoms with van der Waals surface area (Å²) < 4.78 is 31.1. The number of carbonyl (C=O) groups is 1. The van der Waals surface area contributed by atoms with E-state index in [4.69, 9.17) is 0 Å². The van der Waals surface area contributed by atoms with Crippen molar-refractivity contribution in [3.63, 3.8) is 0 Å². The van der Waals surface area contributed by atoms with Crippen molar-refractivity contribution >= 4 is 11.7 Å². The molecule has 1 rings (SSSR count). The van der Waals surface area contributed by atoms with Gasteiger partial charge in [0.1, 0.15) is 0 Å². The predicted molar refractivity (Wildman–Crippen MR) is 56.4 cm³/mol. The quantitative estimate of drug-likeness (QED) is 0.633.